The van der Waals surface area contributed by atoms with Gasteiger partial charge in [0.1, 0.15) is 17.3 Å². The summed E-state index contributed by atoms with van der Waals surface area (Å²) in [4.78, 5) is 15.8. The molecule has 0 saturated heterocycles. The fourth-order valence-corrected chi connectivity index (χ4v) is 1.87. The second-order valence-electron chi connectivity index (χ2n) is 4.24. The number of carbonyl (C=O) groups excluding carboxylic acids is 1. The number of nitrogen functional groups attached to an aromatic ring is 1. The number of nitrogens with one attached hydrogen (secondary N) is 1. The number of nitrogens with two attached hydrogens (primary N) is 1. The molecule has 2 aromatic rings. The summed E-state index contributed by atoms with van der Waals surface area (Å²) in [6.07, 6.45) is 0.645. The van der Waals surface area contributed by atoms with Crippen molar-refractivity contribution in [2.45, 2.75) is 6.42 Å². The molecule has 0 aliphatic rings. The minimum absolute atomic E-state index is 0.123. The Morgan fingerprint density at radius 2 is 1.95 bits per heavy atom. The summed E-state index contributed by atoms with van der Waals surface area (Å²) in [6, 6.07) is 9.88. The molecule has 20 heavy (non-hydrogen) atoms. The summed E-state index contributed by atoms with van der Waals surface area (Å²) < 4.78 is 0. The van der Waals surface area contributed by atoms with Crippen molar-refractivity contribution >= 4 is 23.3 Å². The number of halogens is 1. The van der Waals surface area contributed by atoms with Crippen molar-refractivity contribution in [3.63, 3.8) is 0 Å². The van der Waals surface area contributed by atoms with E-state index in [0.29, 0.717) is 13.0 Å². The zero-order chi connectivity index (χ0) is 14.5. The summed E-state index contributed by atoms with van der Waals surface area (Å²) >= 11 is 5.90. The minimum Gasteiger partial charge on any atom is -0.508 e. The zero-order valence-electron chi connectivity index (χ0n) is 10.6. The molecule has 0 radical (unpaired) electrons. The van der Waals surface area contributed by atoms with Crippen LogP contribution in [0.4, 0.5) is 5.82 Å². The van der Waals surface area contributed by atoms with Crippen LogP contribution in [0.15, 0.2) is 36.4 Å². The number of phenols is 1. The lowest BCUT2D eigenvalue weighted by atomic mass is 10.1. The SMILES string of the molecule is Nc1ccc(Cl)c(C(=O)NCCc2ccc(O)cc2)n1. The van der Waals surface area contributed by atoms with Crippen molar-refractivity contribution in [3.05, 3.63) is 52.7 Å². The van der Waals surface area contributed by atoms with Crippen LogP contribution in [0.25, 0.3) is 0 Å². The van der Waals surface area contributed by atoms with E-state index in [1.165, 1.54) is 6.07 Å². The van der Waals surface area contributed by atoms with E-state index in [2.05, 4.69) is 10.3 Å². The molecule has 0 saturated carbocycles. The van der Waals surface area contributed by atoms with Gasteiger partial charge in [-0.05, 0) is 36.2 Å². The van der Waals surface area contributed by atoms with Crippen LogP contribution in [-0.2, 0) is 6.42 Å². The maximum absolute atomic E-state index is 11.9. The number of amides is 1. The van der Waals surface area contributed by atoms with Crippen molar-refractivity contribution in [1.29, 1.82) is 0 Å². The first-order chi connectivity index (χ1) is 9.56. The van der Waals surface area contributed by atoms with Gasteiger partial charge in [-0.15, -0.1) is 0 Å². The molecule has 0 unspecified atom stereocenters. The standard InChI is InChI=1S/C14H14ClN3O2/c15-11-5-6-12(16)18-13(11)14(20)17-8-7-9-1-3-10(19)4-2-9/h1-6,19H,7-8H2,(H2,16,18)(H,17,20). The number of aromatic hydroxyl groups is 1. The van der Waals surface area contributed by atoms with E-state index in [1.807, 2.05) is 0 Å². The summed E-state index contributed by atoms with van der Waals surface area (Å²) in [6.45, 7) is 0.441. The number of hydrogen-bond acceptors (Lipinski definition) is 4. The predicted molar refractivity (Wildman–Crippen MR) is 77.8 cm³/mol. The van der Waals surface area contributed by atoms with E-state index in [9.17, 15) is 9.90 Å². The molecular weight excluding hydrogens is 278 g/mol. The van der Waals surface area contributed by atoms with Crippen molar-refractivity contribution in [2.75, 3.05) is 12.3 Å². The van der Waals surface area contributed by atoms with Crippen LogP contribution in [0.2, 0.25) is 5.02 Å². The average Bonchev–Trinajstić information content (AvgIpc) is 2.43. The highest BCUT2D eigenvalue weighted by atomic mass is 35.5. The third kappa shape index (κ3) is 3.61. The molecular formula is C14H14ClN3O2. The van der Waals surface area contributed by atoms with Crippen molar-refractivity contribution in [1.82, 2.24) is 10.3 Å². The van der Waals surface area contributed by atoms with E-state index in [1.54, 1.807) is 30.3 Å². The first-order valence-electron chi connectivity index (χ1n) is 6.04. The molecule has 4 N–H and O–H groups in total. The van der Waals surface area contributed by atoms with Crippen LogP contribution in [0.1, 0.15) is 16.1 Å². The van der Waals surface area contributed by atoms with Gasteiger partial charge in [0.05, 0.1) is 5.02 Å². The minimum atomic E-state index is -0.360. The lowest BCUT2D eigenvalue weighted by Gasteiger charge is -2.07. The third-order valence-electron chi connectivity index (χ3n) is 2.72. The molecule has 104 valence electrons. The van der Waals surface area contributed by atoms with E-state index in [4.69, 9.17) is 17.3 Å². The molecule has 0 bridgehead atoms. The number of benzene rings is 1. The predicted octanol–water partition coefficient (Wildman–Crippen LogP) is 2.00. The maximum atomic E-state index is 11.9. The number of carbonyl (C=O) groups is 1. The number of anilines is 1. The normalized spacial score (nSPS) is 10.2. The van der Waals surface area contributed by atoms with Crippen LogP contribution in [-0.4, -0.2) is 22.5 Å². The van der Waals surface area contributed by atoms with Gasteiger partial charge in [0.2, 0.25) is 0 Å². The molecule has 0 aliphatic heterocycles. The van der Waals surface area contributed by atoms with E-state index < -0.39 is 0 Å². The quantitative estimate of drug-likeness (QED) is 0.804. The molecule has 1 aromatic heterocycles. The first kappa shape index (κ1) is 14.1. The van der Waals surface area contributed by atoms with Crippen molar-refractivity contribution in [2.24, 2.45) is 0 Å². The van der Waals surface area contributed by atoms with Crippen molar-refractivity contribution < 1.29 is 9.90 Å². The fraction of sp³-hybridized carbons (Fsp3) is 0.143. The molecule has 1 amide bonds. The largest absolute Gasteiger partial charge is 0.508 e. The maximum Gasteiger partial charge on any atom is 0.271 e. The van der Waals surface area contributed by atoms with Gasteiger partial charge in [0, 0.05) is 6.54 Å². The van der Waals surface area contributed by atoms with Gasteiger partial charge in [-0.25, -0.2) is 4.98 Å². The number of hydrogen-bond donors (Lipinski definition) is 3. The second-order valence-corrected chi connectivity index (χ2v) is 4.65. The zero-order valence-corrected chi connectivity index (χ0v) is 11.4. The van der Waals surface area contributed by atoms with Crippen LogP contribution in [0, 0.1) is 0 Å². The van der Waals surface area contributed by atoms with Crippen LogP contribution in [0.3, 0.4) is 0 Å². The summed E-state index contributed by atoms with van der Waals surface area (Å²) in [7, 11) is 0. The van der Waals surface area contributed by atoms with E-state index in [-0.39, 0.29) is 28.2 Å². The van der Waals surface area contributed by atoms with Gasteiger partial charge in [-0.3, -0.25) is 4.79 Å². The number of rotatable bonds is 4. The molecule has 5 nitrogen and oxygen atoms in total. The Labute approximate surface area is 121 Å². The summed E-state index contributed by atoms with van der Waals surface area (Å²) in [5.41, 5.74) is 6.66. The Hall–Kier alpha value is -2.27. The summed E-state index contributed by atoms with van der Waals surface area (Å²) in [5, 5.41) is 12.2. The van der Waals surface area contributed by atoms with E-state index in [0.717, 1.165) is 5.56 Å². The lowest BCUT2D eigenvalue weighted by Crippen LogP contribution is -2.27. The number of aromatic nitrogens is 1. The van der Waals surface area contributed by atoms with Gasteiger partial charge in [-0.1, -0.05) is 23.7 Å². The Morgan fingerprint density at radius 3 is 2.65 bits per heavy atom. The van der Waals surface area contributed by atoms with Crippen LogP contribution < -0.4 is 11.1 Å². The Balaban J connectivity index is 1.92. The van der Waals surface area contributed by atoms with Gasteiger partial charge in [0.25, 0.3) is 5.91 Å². The summed E-state index contributed by atoms with van der Waals surface area (Å²) in [5.74, 6) is 0.104. The highest BCUT2D eigenvalue weighted by molar-refractivity contribution is 6.33. The van der Waals surface area contributed by atoms with Crippen molar-refractivity contribution in [3.8, 4) is 5.75 Å². The molecule has 1 aromatic carbocycles. The molecule has 0 fully saturated rings. The number of phenolic OH excluding ortho intramolecular Hbond substituents is 1. The molecule has 2 rings (SSSR count). The highest BCUT2D eigenvalue weighted by Crippen LogP contribution is 2.15. The fourth-order valence-electron chi connectivity index (χ4n) is 1.68. The molecule has 6 heteroatoms. The monoisotopic (exact) mass is 291 g/mol. The van der Waals surface area contributed by atoms with Gasteiger partial charge in [-0.2, -0.15) is 0 Å². The smallest absolute Gasteiger partial charge is 0.271 e. The van der Waals surface area contributed by atoms with Crippen LogP contribution in [0.5, 0.6) is 5.75 Å². The molecule has 1 heterocycles. The molecule has 0 atom stereocenters. The number of nitrogens with zero attached hydrogens (tertiary/aromatic N) is 1. The number of pyridine rings is 1. The Kier molecular flexibility index (Phi) is 4.42. The Morgan fingerprint density at radius 1 is 1.25 bits per heavy atom. The van der Waals surface area contributed by atoms with Gasteiger partial charge < -0.3 is 16.2 Å². The first-order valence-corrected chi connectivity index (χ1v) is 6.42. The average molecular weight is 292 g/mol. The van der Waals surface area contributed by atoms with Gasteiger partial charge >= 0.3 is 0 Å². The van der Waals surface area contributed by atoms with Gasteiger partial charge in [0.15, 0.2) is 0 Å². The lowest BCUT2D eigenvalue weighted by molar-refractivity contribution is 0.0949. The topological polar surface area (TPSA) is 88.2 Å². The Bertz CT molecular complexity index is 614. The van der Waals surface area contributed by atoms with E-state index >= 15 is 0 Å². The highest BCUT2D eigenvalue weighted by Gasteiger charge is 2.11. The molecule has 0 spiro atoms. The van der Waals surface area contributed by atoms with Crippen LogP contribution >= 0.6 is 11.6 Å². The second kappa shape index (κ2) is 6.25. The molecule has 0 aliphatic carbocycles. The third-order valence-corrected chi connectivity index (χ3v) is 3.02.